The molecule has 0 spiro atoms. The van der Waals surface area contributed by atoms with E-state index in [1.807, 2.05) is 0 Å². The zero-order valence-corrected chi connectivity index (χ0v) is 11.5. The number of aromatic amines is 2. The molecule has 0 aliphatic carbocycles. The Labute approximate surface area is 118 Å². The molecule has 9 heteroatoms. The molecule has 0 atom stereocenters. The minimum Gasteiger partial charge on any atom is -0.481 e. The van der Waals surface area contributed by atoms with E-state index in [2.05, 4.69) is 15.0 Å². The third kappa shape index (κ3) is 3.37. The van der Waals surface area contributed by atoms with E-state index < -0.39 is 17.2 Å². The van der Waals surface area contributed by atoms with Gasteiger partial charge in [-0.15, -0.1) is 0 Å². The Morgan fingerprint density at radius 3 is 2.81 bits per heavy atom. The number of aryl methyl sites for hydroxylation is 1. The number of H-pyrrole nitrogens is 2. The summed E-state index contributed by atoms with van der Waals surface area (Å²) in [5.74, 6) is -0.408. The predicted octanol–water partition coefficient (Wildman–Crippen LogP) is -0.533. The second kappa shape index (κ2) is 6.35. The van der Waals surface area contributed by atoms with E-state index in [1.54, 1.807) is 0 Å². The van der Waals surface area contributed by atoms with Crippen molar-refractivity contribution in [3.05, 3.63) is 26.7 Å². The van der Waals surface area contributed by atoms with Crippen molar-refractivity contribution in [1.29, 1.82) is 0 Å². The highest BCUT2D eigenvalue weighted by atomic mass is 16.5. The number of carboxylic acids is 1. The summed E-state index contributed by atoms with van der Waals surface area (Å²) in [6.45, 7) is 0.574. The first-order valence-electron chi connectivity index (χ1n) is 6.45. The summed E-state index contributed by atoms with van der Waals surface area (Å²) in [6, 6.07) is 0. The molecule has 2 aromatic heterocycles. The molecule has 0 unspecified atom stereocenters. The van der Waals surface area contributed by atoms with Crippen LogP contribution in [0.5, 0.6) is 0 Å². The molecule has 0 bridgehead atoms. The van der Waals surface area contributed by atoms with Crippen LogP contribution in [-0.2, 0) is 22.5 Å². The quantitative estimate of drug-likeness (QED) is 0.629. The summed E-state index contributed by atoms with van der Waals surface area (Å²) in [4.78, 5) is 43.3. The minimum absolute atomic E-state index is 0.0177. The van der Waals surface area contributed by atoms with E-state index >= 15 is 0 Å². The molecule has 2 aromatic rings. The van der Waals surface area contributed by atoms with Crippen molar-refractivity contribution < 1.29 is 14.6 Å². The van der Waals surface area contributed by atoms with Crippen LogP contribution >= 0.6 is 0 Å². The number of aliphatic carboxylic acids is 1. The molecule has 0 aliphatic heterocycles. The molecule has 2 rings (SSSR count). The summed E-state index contributed by atoms with van der Waals surface area (Å²) in [5.41, 5.74) is -0.629. The Balaban J connectivity index is 2.35. The van der Waals surface area contributed by atoms with Crippen molar-refractivity contribution in [3.8, 4) is 0 Å². The van der Waals surface area contributed by atoms with Crippen LogP contribution in [0.2, 0.25) is 0 Å². The molecule has 0 saturated heterocycles. The number of carbonyl (C=O) groups is 1. The van der Waals surface area contributed by atoms with Gasteiger partial charge in [0.15, 0.2) is 5.65 Å². The summed E-state index contributed by atoms with van der Waals surface area (Å²) in [7, 11) is 1.51. The van der Waals surface area contributed by atoms with E-state index in [4.69, 9.17) is 9.84 Å². The van der Waals surface area contributed by atoms with Crippen LogP contribution in [0.3, 0.4) is 0 Å². The van der Waals surface area contributed by atoms with Crippen LogP contribution in [0, 0.1) is 0 Å². The second-order valence-electron chi connectivity index (χ2n) is 4.53. The Hall–Kier alpha value is -2.42. The van der Waals surface area contributed by atoms with Crippen LogP contribution in [0.1, 0.15) is 18.7 Å². The first-order valence-corrected chi connectivity index (χ1v) is 6.45. The number of fused-ring (bicyclic) bond motifs is 1. The van der Waals surface area contributed by atoms with Gasteiger partial charge in [-0.05, 0) is 6.42 Å². The fraction of sp³-hybridized carbons (Fsp3) is 0.500. The van der Waals surface area contributed by atoms with Crippen molar-refractivity contribution >= 4 is 17.1 Å². The molecule has 0 amide bonds. The maximum atomic E-state index is 11.8. The number of hydrogen-bond donors (Lipinski definition) is 3. The normalized spacial score (nSPS) is 11.1. The maximum Gasteiger partial charge on any atom is 0.330 e. The lowest BCUT2D eigenvalue weighted by atomic mass is 10.2. The van der Waals surface area contributed by atoms with Gasteiger partial charge >= 0.3 is 11.7 Å². The van der Waals surface area contributed by atoms with E-state index in [9.17, 15) is 14.4 Å². The Morgan fingerprint density at radius 1 is 1.38 bits per heavy atom. The SMILES string of the molecule is COCCn1c(=O)[nH]c(=O)c2[nH]c(CCCC(=O)O)nc21. The standard InChI is InChI=1S/C12H16N4O5/c1-21-6-5-16-10-9(11(19)15-12(16)20)13-7(14-10)3-2-4-8(17)18/h2-6H2,1H3,(H,13,14)(H,17,18)(H,15,19,20). The van der Waals surface area contributed by atoms with Crippen molar-refractivity contribution in [2.45, 2.75) is 25.8 Å². The van der Waals surface area contributed by atoms with Gasteiger partial charge < -0.3 is 14.8 Å². The molecule has 0 saturated carbocycles. The average molecular weight is 296 g/mol. The van der Waals surface area contributed by atoms with Crippen LogP contribution < -0.4 is 11.2 Å². The highest BCUT2D eigenvalue weighted by Crippen LogP contribution is 2.07. The molecule has 0 fully saturated rings. The summed E-state index contributed by atoms with van der Waals surface area (Å²) >= 11 is 0. The number of ether oxygens (including phenoxy) is 1. The molecule has 2 heterocycles. The Morgan fingerprint density at radius 2 is 2.14 bits per heavy atom. The van der Waals surface area contributed by atoms with Gasteiger partial charge in [-0.2, -0.15) is 0 Å². The third-order valence-corrected chi connectivity index (χ3v) is 3.01. The number of methoxy groups -OCH3 is 1. The van der Waals surface area contributed by atoms with Gasteiger partial charge in [-0.25, -0.2) is 9.78 Å². The van der Waals surface area contributed by atoms with E-state index in [0.717, 1.165) is 0 Å². The molecule has 21 heavy (non-hydrogen) atoms. The molecule has 0 radical (unpaired) electrons. The van der Waals surface area contributed by atoms with Crippen LogP contribution in [-0.4, -0.2) is 44.3 Å². The first-order chi connectivity index (χ1) is 10.0. The van der Waals surface area contributed by atoms with Gasteiger partial charge in [-0.3, -0.25) is 19.1 Å². The lowest BCUT2D eigenvalue weighted by Gasteiger charge is -2.04. The molecule has 9 nitrogen and oxygen atoms in total. The summed E-state index contributed by atoms with van der Waals surface area (Å²) < 4.78 is 6.24. The zero-order valence-electron chi connectivity index (χ0n) is 11.5. The number of carboxylic acid groups (broad SMARTS) is 1. The molecular formula is C12H16N4O5. The second-order valence-corrected chi connectivity index (χ2v) is 4.53. The zero-order chi connectivity index (χ0) is 15.4. The van der Waals surface area contributed by atoms with Crippen molar-refractivity contribution in [3.63, 3.8) is 0 Å². The topological polar surface area (TPSA) is 130 Å². The Kier molecular flexibility index (Phi) is 4.53. The molecular weight excluding hydrogens is 280 g/mol. The Bertz CT molecular complexity index is 757. The molecule has 3 N–H and O–H groups in total. The number of aromatic nitrogens is 4. The highest BCUT2D eigenvalue weighted by Gasteiger charge is 2.13. The van der Waals surface area contributed by atoms with Gasteiger partial charge in [0, 0.05) is 20.0 Å². The van der Waals surface area contributed by atoms with Crippen molar-refractivity contribution in [2.75, 3.05) is 13.7 Å². The number of hydrogen-bond acceptors (Lipinski definition) is 5. The van der Waals surface area contributed by atoms with Gasteiger partial charge in [0.05, 0.1) is 13.2 Å². The minimum atomic E-state index is -0.888. The smallest absolute Gasteiger partial charge is 0.330 e. The van der Waals surface area contributed by atoms with Crippen LogP contribution in [0.15, 0.2) is 9.59 Å². The number of imidazole rings is 1. The third-order valence-electron chi connectivity index (χ3n) is 3.01. The lowest BCUT2D eigenvalue weighted by Crippen LogP contribution is -2.31. The van der Waals surface area contributed by atoms with E-state index in [1.165, 1.54) is 11.7 Å². The van der Waals surface area contributed by atoms with E-state index in [-0.39, 0.29) is 24.1 Å². The number of nitrogens with zero attached hydrogens (tertiary/aromatic N) is 2. The fourth-order valence-corrected chi connectivity index (χ4v) is 2.00. The highest BCUT2D eigenvalue weighted by molar-refractivity contribution is 5.69. The largest absolute Gasteiger partial charge is 0.481 e. The molecule has 0 aliphatic rings. The maximum absolute atomic E-state index is 11.8. The monoisotopic (exact) mass is 296 g/mol. The van der Waals surface area contributed by atoms with Gasteiger partial charge in [0.1, 0.15) is 11.3 Å². The van der Waals surface area contributed by atoms with Crippen LogP contribution in [0.25, 0.3) is 11.2 Å². The van der Waals surface area contributed by atoms with Crippen molar-refractivity contribution in [1.82, 2.24) is 19.5 Å². The average Bonchev–Trinajstić information content (AvgIpc) is 2.82. The first kappa shape index (κ1) is 15.0. The fourth-order valence-electron chi connectivity index (χ4n) is 2.00. The number of rotatable bonds is 7. The van der Waals surface area contributed by atoms with Gasteiger partial charge in [-0.1, -0.05) is 0 Å². The van der Waals surface area contributed by atoms with Gasteiger partial charge in [0.25, 0.3) is 5.56 Å². The summed E-state index contributed by atoms with van der Waals surface area (Å²) in [5, 5.41) is 8.61. The van der Waals surface area contributed by atoms with Crippen molar-refractivity contribution in [2.24, 2.45) is 0 Å². The van der Waals surface area contributed by atoms with E-state index in [0.29, 0.717) is 25.3 Å². The van der Waals surface area contributed by atoms with Gasteiger partial charge in [0.2, 0.25) is 0 Å². The number of nitrogens with one attached hydrogen (secondary N) is 2. The molecule has 0 aromatic carbocycles. The summed E-state index contributed by atoms with van der Waals surface area (Å²) in [6.07, 6.45) is 0.804. The van der Waals surface area contributed by atoms with Crippen LogP contribution in [0.4, 0.5) is 0 Å². The lowest BCUT2D eigenvalue weighted by molar-refractivity contribution is -0.137. The molecule has 114 valence electrons. The predicted molar refractivity (Wildman–Crippen MR) is 73.4 cm³/mol.